The summed E-state index contributed by atoms with van der Waals surface area (Å²) in [6.45, 7) is 2.35. The van der Waals surface area contributed by atoms with Crippen molar-refractivity contribution in [2.75, 3.05) is 5.73 Å². The van der Waals surface area contributed by atoms with Crippen molar-refractivity contribution in [3.05, 3.63) is 23.9 Å². The van der Waals surface area contributed by atoms with Crippen molar-refractivity contribution in [3.63, 3.8) is 0 Å². The summed E-state index contributed by atoms with van der Waals surface area (Å²) in [6.07, 6.45) is 6.59. The van der Waals surface area contributed by atoms with Crippen LogP contribution in [0.4, 0.5) is 5.82 Å². The Hall–Kier alpha value is -0.570. The summed E-state index contributed by atoms with van der Waals surface area (Å²) >= 11 is 3.70. The van der Waals surface area contributed by atoms with Gasteiger partial charge in [0.05, 0.1) is 0 Å². The Morgan fingerprint density at radius 2 is 2.47 bits per heavy atom. The zero-order chi connectivity index (χ0) is 10.9. The van der Waals surface area contributed by atoms with Crippen LogP contribution in [0.3, 0.4) is 0 Å². The Bertz CT molecular complexity index is 353. The maximum absolute atomic E-state index is 5.87. The molecular weight excluding hydrogens is 252 g/mol. The van der Waals surface area contributed by atoms with Crippen LogP contribution in [-0.2, 0) is 6.42 Å². The smallest absolute Gasteiger partial charge is 0.126 e. The third-order valence-electron chi connectivity index (χ3n) is 3.32. The summed E-state index contributed by atoms with van der Waals surface area (Å²) in [5, 5.41) is 0. The van der Waals surface area contributed by atoms with E-state index in [0.717, 1.165) is 6.42 Å². The van der Waals surface area contributed by atoms with Crippen LogP contribution in [0, 0.1) is 5.41 Å². The molecule has 15 heavy (non-hydrogen) atoms. The average Bonchev–Trinajstić information content (AvgIpc) is 2.51. The van der Waals surface area contributed by atoms with Gasteiger partial charge in [-0.1, -0.05) is 28.9 Å². The first-order valence-corrected chi connectivity index (χ1v) is 6.34. The lowest BCUT2D eigenvalue weighted by Crippen LogP contribution is -2.17. The van der Waals surface area contributed by atoms with Crippen LogP contribution in [0.15, 0.2) is 18.3 Å². The second kappa shape index (κ2) is 4.12. The standard InChI is InChI=1S/C12H17BrN2/c1-12(5-4-10(13)8-12)7-9-3-2-6-15-11(9)14/h2-3,6,10H,4-5,7-8H2,1H3,(H2,14,15). The molecule has 1 aliphatic carbocycles. The van der Waals surface area contributed by atoms with E-state index in [1.54, 1.807) is 6.20 Å². The minimum absolute atomic E-state index is 0.394. The monoisotopic (exact) mass is 268 g/mol. The first-order chi connectivity index (χ1) is 7.09. The largest absolute Gasteiger partial charge is 0.383 e. The van der Waals surface area contributed by atoms with E-state index < -0.39 is 0 Å². The molecule has 2 atom stereocenters. The molecule has 0 aliphatic heterocycles. The van der Waals surface area contributed by atoms with Crippen molar-refractivity contribution in [2.24, 2.45) is 5.41 Å². The average molecular weight is 269 g/mol. The molecule has 2 unspecified atom stereocenters. The number of nitrogens with zero attached hydrogens (tertiary/aromatic N) is 1. The third kappa shape index (κ3) is 2.51. The highest BCUT2D eigenvalue weighted by Crippen LogP contribution is 2.43. The van der Waals surface area contributed by atoms with Gasteiger partial charge in [-0.25, -0.2) is 4.98 Å². The van der Waals surface area contributed by atoms with Crippen molar-refractivity contribution < 1.29 is 0 Å². The normalized spacial score (nSPS) is 30.7. The molecular formula is C12H17BrN2. The van der Waals surface area contributed by atoms with Crippen molar-refractivity contribution in [1.82, 2.24) is 4.98 Å². The SMILES string of the molecule is CC1(Cc2cccnc2N)CCC(Br)C1. The first kappa shape index (κ1) is 10.9. The van der Waals surface area contributed by atoms with E-state index in [-0.39, 0.29) is 0 Å². The van der Waals surface area contributed by atoms with Crippen LogP contribution in [0.1, 0.15) is 31.7 Å². The molecule has 0 saturated heterocycles. The van der Waals surface area contributed by atoms with Crippen molar-refractivity contribution in [2.45, 2.75) is 37.4 Å². The number of nitrogens with two attached hydrogens (primary N) is 1. The van der Waals surface area contributed by atoms with E-state index in [0.29, 0.717) is 16.1 Å². The van der Waals surface area contributed by atoms with E-state index in [2.05, 4.69) is 33.9 Å². The third-order valence-corrected chi connectivity index (χ3v) is 4.10. The number of hydrogen-bond donors (Lipinski definition) is 1. The maximum Gasteiger partial charge on any atom is 0.126 e. The van der Waals surface area contributed by atoms with Gasteiger partial charge in [0, 0.05) is 11.0 Å². The minimum Gasteiger partial charge on any atom is -0.383 e. The van der Waals surface area contributed by atoms with E-state index >= 15 is 0 Å². The van der Waals surface area contributed by atoms with Crippen LogP contribution in [-0.4, -0.2) is 9.81 Å². The van der Waals surface area contributed by atoms with Gasteiger partial charge in [0.2, 0.25) is 0 Å². The number of pyridine rings is 1. The molecule has 1 fully saturated rings. The lowest BCUT2D eigenvalue weighted by molar-refractivity contribution is 0.336. The Kier molecular flexibility index (Phi) is 3.01. The molecule has 2 rings (SSSR count). The summed E-state index contributed by atoms with van der Waals surface area (Å²) in [6, 6.07) is 4.06. The summed E-state index contributed by atoms with van der Waals surface area (Å²) in [4.78, 5) is 4.82. The summed E-state index contributed by atoms with van der Waals surface area (Å²) in [7, 11) is 0. The fourth-order valence-electron chi connectivity index (χ4n) is 2.46. The number of anilines is 1. The molecule has 1 aromatic rings. The Morgan fingerprint density at radius 3 is 3.07 bits per heavy atom. The topological polar surface area (TPSA) is 38.9 Å². The van der Waals surface area contributed by atoms with E-state index in [9.17, 15) is 0 Å². The number of hydrogen-bond acceptors (Lipinski definition) is 2. The zero-order valence-corrected chi connectivity index (χ0v) is 10.6. The highest BCUT2D eigenvalue weighted by atomic mass is 79.9. The van der Waals surface area contributed by atoms with Crippen LogP contribution in [0.5, 0.6) is 0 Å². The van der Waals surface area contributed by atoms with Crippen LogP contribution < -0.4 is 5.73 Å². The molecule has 0 amide bonds. The number of aromatic nitrogens is 1. The maximum atomic E-state index is 5.87. The molecule has 0 spiro atoms. The fraction of sp³-hybridized carbons (Fsp3) is 0.583. The van der Waals surface area contributed by atoms with E-state index in [4.69, 9.17) is 5.73 Å². The van der Waals surface area contributed by atoms with Gasteiger partial charge < -0.3 is 5.73 Å². The Balaban J connectivity index is 2.12. The molecule has 1 aromatic heterocycles. The first-order valence-electron chi connectivity index (χ1n) is 5.42. The van der Waals surface area contributed by atoms with Gasteiger partial charge in [0.1, 0.15) is 5.82 Å². The van der Waals surface area contributed by atoms with Crippen LogP contribution in [0.25, 0.3) is 0 Å². The molecule has 1 heterocycles. The highest BCUT2D eigenvalue weighted by Gasteiger charge is 2.34. The summed E-state index contributed by atoms with van der Waals surface area (Å²) in [5.41, 5.74) is 7.46. The predicted octanol–water partition coefficient (Wildman–Crippen LogP) is 3.16. The second-order valence-electron chi connectivity index (χ2n) is 4.88. The molecule has 0 aromatic carbocycles. The van der Waals surface area contributed by atoms with Gasteiger partial charge in [-0.05, 0) is 42.7 Å². The summed E-state index contributed by atoms with van der Waals surface area (Å²) in [5.74, 6) is 0.691. The van der Waals surface area contributed by atoms with Gasteiger partial charge >= 0.3 is 0 Å². The van der Waals surface area contributed by atoms with E-state index in [1.807, 2.05) is 6.07 Å². The highest BCUT2D eigenvalue weighted by molar-refractivity contribution is 9.09. The molecule has 2 nitrogen and oxygen atoms in total. The molecule has 82 valence electrons. The molecule has 3 heteroatoms. The van der Waals surface area contributed by atoms with Crippen LogP contribution in [0.2, 0.25) is 0 Å². The minimum atomic E-state index is 0.394. The lowest BCUT2D eigenvalue weighted by atomic mass is 9.82. The van der Waals surface area contributed by atoms with E-state index in [1.165, 1.54) is 24.8 Å². The Morgan fingerprint density at radius 1 is 1.67 bits per heavy atom. The number of halogens is 1. The Labute approximate surface area is 99.4 Å². The van der Waals surface area contributed by atoms with Gasteiger partial charge in [-0.2, -0.15) is 0 Å². The van der Waals surface area contributed by atoms with Crippen molar-refractivity contribution in [1.29, 1.82) is 0 Å². The zero-order valence-electron chi connectivity index (χ0n) is 9.04. The van der Waals surface area contributed by atoms with Crippen LogP contribution >= 0.6 is 15.9 Å². The number of rotatable bonds is 2. The predicted molar refractivity (Wildman–Crippen MR) is 67.0 cm³/mol. The van der Waals surface area contributed by atoms with Gasteiger partial charge in [0.25, 0.3) is 0 Å². The molecule has 0 bridgehead atoms. The number of alkyl halides is 1. The molecule has 2 N–H and O–H groups in total. The van der Waals surface area contributed by atoms with Crippen molar-refractivity contribution in [3.8, 4) is 0 Å². The summed E-state index contributed by atoms with van der Waals surface area (Å²) < 4.78 is 0. The second-order valence-corrected chi connectivity index (χ2v) is 6.17. The molecule has 1 aliphatic rings. The quantitative estimate of drug-likeness (QED) is 0.837. The molecule has 0 radical (unpaired) electrons. The van der Waals surface area contributed by atoms with Gasteiger partial charge in [-0.3, -0.25) is 0 Å². The fourth-order valence-corrected chi connectivity index (χ4v) is 3.48. The lowest BCUT2D eigenvalue weighted by Gasteiger charge is -2.24. The number of nitrogen functional groups attached to an aromatic ring is 1. The molecule has 1 saturated carbocycles. The van der Waals surface area contributed by atoms with Gasteiger partial charge in [-0.15, -0.1) is 0 Å². The van der Waals surface area contributed by atoms with Crippen molar-refractivity contribution >= 4 is 21.7 Å². The van der Waals surface area contributed by atoms with Gasteiger partial charge in [0.15, 0.2) is 0 Å².